The monoisotopic (exact) mass is 582 g/mol. The van der Waals surface area contributed by atoms with Gasteiger partial charge in [-0.2, -0.15) is 0 Å². The number of aromatic nitrogens is 1. The Labute approximate surface area is 215 Å². The van der Waals surface area contributed by atoms with Gasteiger partial charge in [0.15, 0.2) is 5.58 Å². The van der Waals surface area contributed by atoms with Crippen molar-refractivity contribution in [2.45, 2.75) is 26.2 Å². The zero-order valence-corrected chi connectivity index (χ0v) is 22.2. The number of anilines is 1. The van der Waals surface area contributed by atoms with E-state index in [1.165, 1.54) is 11.6 Å². The summed E-state index contributed by atoms with van der Waals surface area (Å²) in [4.78, 5) is 17.2. The quantitative estimate of drug-likeness (QED) is 0.223. The van der Waals surface area contributed by atoms with Gasteiger partial charge in [0.1, 0.15) is 11.3 Å². The molecular formula is C27H24Br2N2O3. The molecule has 5 nitrogen and oxygen atoms in total. The number of carbonyl (C=O) groups excluding carboxylic acids is 1. The Morgan fingerprint density at radius 1 is 1.18 bits per heavy atom. The minimum Gasteiger partial charge on any atom is -0.495 e. The van der Waals surface area contributed by atoms with Gasteiger partial charge in [0.2, 0.25) is 11.8 Å². The molecule has 1 amide bonds. The molecule has 0 aliphatic heterocycles. The van der Waals surface area contributed by atoms with Crippen molar-refractivity contribution in [3.63, 3.8) is 0 Å². The number of ether oxygens (including phenoxy) is 1. The Balaban J connectivity index is 1.53. The summed E-state index contributed by atoms with van der Waals surface area (Å²) in [7, 11) is 1.59. The fourth-order valence-corrected chi connectivity index (χ4v) is 5.03. The number of methoxy groups -OCH3 is 1. The lowest BCUT2D eigenvalue weighted by Crippen LogP contribution is -2.07. The predicted molar refractivity (Wildman–Crippen MR) is 144 cm³/mol. The van der Waals surface area contributed by atoms with Crippen molar-refractivity contribution >= 4 is 60.6 Å². The van der Waals surface area contributed by atoms with Crippen LogP contribution in [-0.2, 0) is 4.79 Å². The zero-order valence-electron chi connectivity index (χ0n) is 19.1. The molecule has 0 saturated heterocycles. The predicted octanol–water partition coefficient (Wildman–Crippen LogP) is 8.19. The van der Waals surface area contributed by atoms with Crippen LogP contribution >= 0.6 is 31.9 Å². The van der Waals surface area contributed by atoms with Gasteiger partial charge in [-0.05, 0) is 82.4 Å². The summed E-state index contributed by atoms with van der Waals surface area (Å²) in [6.07, 6.45) is 4.25. The van der Waals surface area contributed by atoms with Crippen molar-refractivity contribution in [1.29, 1.82) is 0 Å². The van der Waals surface area contributed by atoms with E-state index in [1.54, 1.807) is 13.2 Å². The maximum Gasteiger partial charge on any atom is 0.248 e. The number of nitrogens with zero attached hydrogens (tertiary/aromatic N) is 1. The van der Waals surface area contributed by atoms with E-state index in [9.17, 15) is 4.79 Å². The lowest BCUT2D eigenvalue weighted by atomic mass is 9.98. The number of oxazole rings is 1. The summed E-state index contributed by atoms with van der Waals surface area (Å²) in [6, 6.07) is 17.4. The number of halogens is 2. The smallest absolute Gasteiger partial charge is 0.248 e. The molecule has 4 aromatic rings. The lowest BCUT2D eigenvalue weighted by Gasteiger charge is -2.08. The summed E-state index contributed by atoms with van der Waals surface area (Å²) >= 11 is 6.93. The Hall–Kier alpha value is -2.90. The minimum absolute atomic E-state index is 0.258. The first kappa shape index (κ1) is 24.2. The minimum atomic E-state index is -0.258. The normalized spacial score (nSPS) is 12.3. The molecular weight excluding hydrogens is 560 g/mol. The van der Waals surface area contributed by atoms with Gasteiger partial charge in [0.25, 0.3) is 0 Å². The van der Waals surface area contributed by atoms with Crippen LogP contribution in [0.5, 0.6) is 5.75 Å². The van der Waals surface area contributed by atoms with E-state index in [0.717, 1.165) is 37.6 Å². The molecule has 174 valence electrons. The SMILES string of the molecule is CCC(C)c1ccc2oc(-c3cccc(NC(=O)/C=C/c4cc(Br)cc(Br)c4OC)c3)nc2c1. The number of benzene rings is 3. The van der Waals surface area contributed by atoms with Crippen LogP contribution in [0.15, 0.2) is 74.0 Å². The van der Waals surface area contributed by atoms with Crippen molar-refractivity contribution in [3.05, 3.63) is 80.7 Å². The van der Waals surface area contributed by atoms with E-state index in [1.807, 2.05) is 42.5 Å². The molecule has 0 saturated carbocycles. The van der Waals surface area contributed by atoms with Crippen LogP contribution in [-0.4, -0.2) is 18.0 Å². The van der Waals surface area contributed by atoms with Gasteiger partial charge in [-0.1, -0.05) is 41.9 Å². The molecule has 3 aromatic carbocycles. The van der Waals surface area contributed by atoms with E-state index in [0.29, 0.717) is 23.2 Å². The Morgan fingerprint density at radius 2 is 2.00 bits per heavy atom. The maximum absolute atomic E-state index is 12.6. The van der Waals surface area contributed by atoms with Gasteiger partial charge >= 0.3 is 0 Å². The molecule has 0 spiro atoms. The third-order valence-corrected chi connectivity index (χ3v) is 6.67. The second kappa shape index (κ2) is 10.6. The van der Waals surface area contributed by atoms with Crippen molar-refractivity contribution < 1.29 is 13.9 Å². The summed E-state index contributed by atoms with van der Waals surface area (Å²) < 4.78 is 13.1. The third-order valence-electron chi connectivity index (χ3n) is 5.63. The van der Waals surface area contributed by atoms with Crippen LogP contribution in [0.1, 0.15) is 37.3 Å². The van der Waals surface area contributed by atoms with Crippen LogP contribution < -0.4 is 10.1 Å². The van der Waals surface area contributed by atoms with E-state index < -0.39 is 0 Å². The maximum atomic E-state index is 12.6. The van der Waals surface area contributed by atoms with Crippen LogP contribution in [0.2, 0.25) is 0 Å². The highest BCUT2D eigenvalue weighted by molar-refractivity contribution is 9.11. The first-order valence-electron chi connectivity index (χ1n) is 10.9. The molecule has 1 unspecified atom stereocenters. The van der Waals surface area contributed by atoms with E-state index in [-0.39, 0.29) is 5.91 Å². The molecule has 34 heavy (non-hydrogen) atoms. The molecule has 1 N–H and O–H groups in total. The van der Waals surface area contributed by atoms with Crippen LogP contribution in [0.25, 0.3) is 28.6 Å². The molecule has 0 bridgehead atoms. The lowest BCUT2D eigenvalue weighted by molar-refractivity contribution is -0.111. The molecule has 0 aliphatic rings. The van der Waals surface area contributed by atoms with Crippen molar-refractivity contribution in [1.82, 2.24) is 4.98 Å². The van der Waals surface area contributed by atoms with Gasteiger partial charge in [0.05, 0.1) is 11.6 Å². The van der Waals surface area contributed by atoms with Gasteiger partial charge in [0, 0.05) is 27.4 Å². The molecule has 1 heterocycles. The molecule has 7 heteroatoms. The van der Waals surface area contributed by atoms with Crippen molar-refractivity contribution in [2.24, 2.45) is 0 Å². The molecule has 0 aliphatic carbocycles. The van der Waals surface area contributed by atoms with Gasteiger partial charge in [-0.25, -0.2) is 4.98 Å². The average molecular weight is 584 g/mol. The van der Waals surface area contributed by atoms with E-state index >= 15 is 0 Å². The fraction of sp³-hybridized carbons (Fsp3) is 0.185. The van der Waals surface area contributed by atoms with Crippen LogP contribution in [0, 0.1) is 0 Å². The highest BCUT2D eigenvalue weighted by Crippen LogP contribution is 2.33. The van der Waals surface area contributed by atoms with Crippen molar-refractivity contribution in [3.8, 4) is 17.2 Å². The van der Waals surface area contributed by atoms with Gasteiger partial charge < -0.3 is 14.5 Å². The van der Waals surface area contributed by atoms with Gasteiger partial charge in [-0.15, -0.1) is 0 Å². The van der Waals surface area contributed by atoms with Gasteiger partial charge in [-0.3, -0.25) is 4.79 Å². The second-order valence-electron chi connectivity index (χ2n) is 7.97. The standard InChI is InChI=1S/C27H24Br2N2O3/c1-4-16(2)17-8-10-24-23(14-17)31-27(34-24)19-6-5-7-21(13-19)30-25(32)11-9-18-12-20(28)15-22(29)26(18)33-3/h5-16H,4H2,1-3H3,(H,30,32)/b11-9+. The second-order valence-corrected chi connectivity index (χ2v) is 9.74. The zero-order chi connectivity index (χ0) is 24.2. The largest absolute Gasteiger partial charge is 0.495 e. The number of rotatable bonds is 7. The molecule has 1 aromatic heterocycles. The fourth-order valence-electron chi connectivity index (χ4n) is 3.61. The van der Waals surface area contributed by atoms with Crippen molar-refractivity contribution in [2.75, 3.05) is 12.4 Å². The molecule has 1 atom stereocenters. The topological polar surface area (TPSA) is 64.4 Å². The molecule has 0 fully saturated rings. The number of amides is 1. The molecule has 0 radical (unpaired) electrons. The number of carbonyl (C=O) groups is 1. The first-order chi connectivity index (χ1) is 16.4. The summed E-state index contributed by atoms with van der Waals surface area (Å²) in [6.45, 7) is 4.38. The molecule has 4 rings (SSSR count). The Kier molecular flexibility index (Phi) is 7.54. The number of hydrogen-bond donors (Lipinski definition) is 1. The van der Waals surface area contributed by atoms with E-state index in [2.05, 4.69) is 68.1 Å². The third kappa shape index (κ3) is 5.42. The van der Waals surface area contributed by atoms with E-state index in [4.69, 9.17) is 9.15 Å². The summed E-state index contributed by atoms with van der Waals surface area (Å²) in [5.74, 6) is 1.38. The number of nitrogens with one attached hydrogen (secondary N) is 1. The highest BCUT2D eigenvalue weighted by Gasteiger charge is 2.12. The summed E-state index contributed by atoms with van der Waals surface area (Å²) in [5.41, 5.74) is 5.04. The Morgan fingerprint density at radius 3 is 2.76 bits per heavy atom. The number of hydrogen-bond acceptors (Lipinski definition) is 4. The average Bonchev–Trinajstić information content (AvgIpc) is 3.25. The highest BCUT2D eigenvalue weighted by atomic mass is 79.9. The summed E-state index contributed by atoms with van der Waals surface area (Å²) in [5, 5.41) is 2.90. The number of fused-ring (bicyclic) bond motifs is 1. The Bertz CT molecular complexity index is 1380. The van der Waals surface area contributed by atoms with Crippen LogP contribution in [0.4, 0.5) is 5.69 Å². The van der Waals surface area contributed by atoms with Crippen LogP contribution in [0.3, 0.4) is 0 Å². The first-order valence-corrected chi connectivity index (χ1v) is 12.5.